The van der Waals surface area contributed by atoms with E-state index >= 15 is 0 Å². The summed E-state index contributed by atoms with van der Waals surface area (Å²) in [5, 5.41) is 17.5. The number of para-hydroxylation sites is 5. The van der Waals surface area contributed by atoms with Gasteiger partial charge in [0.15, 0.2) is 0 Å². The van der Waals surface area contributed by atoms with E-state index in [0.717, 1.165) is 39.5 Å². The van der Waals surface area contributed by atoms with Crippen molar-refractivity contribution in [1.29, 1.82) is 5.26 Å². The highest BCUT2D eigenvalue weighted by atomic mass is 15.2. The van der Waals surface area contributed by atoms with Crippen LogP contribution in [0, 0.1) is 28.7 Å². The first-order chi connectivity index (χ1) is 30.5. The van der Waals surface area contributed by atoms with E-state index in [0.29, 0.717) is 11.3 Å². The molecule has 4 nitrogen and oxygen atoms in total. The molecule has 1 aliphatic carbocycles. The third-order valence-corrected chi connectivity index (χ3v) is 13.3. The van der Waals surface area contributed by atoms with E-state index in [1.165, 1.54) is 49.2 Å². The minimum absolute atomic E-state index is 0.225. The Balaban J connectivity index is 1.27. The van der Waals surface area contributed by atoms with Crippen LogP contribution in [-0.2, 0) is 5.41 Å². The summed E-state index contributed by atoms with van der Waals surface area (Å²) in [6.45, 7) is 22.6. The number of benzene rings is 9. The van der Waals surface area contributed by atoms with Crippen molar-refractivity contribution >= 4 is 72.1 Å². The molecule has 0 heterocycles. The quantitative estimate of drug-likeness (QED) is 0.124. The van der Waals surface area contributed by atoms with Gasteiger partial charge in [0, 0.05) is 28.2 Å². The molecule has 0 fully saturated rings. The van der Waals surface area contributed by atoms with Gasteiger partial charge in [0.1, 0.15) is 6.07 Å². The summed E-state index contributed by atoms with van der Waals surface area (Å²) < 4.78 is 0. The second-order valence-corrected chi connectivity index (χ2v) is 18.8. The van der Waals surface area contributed by atoms with Crippen molar-refractivity contribution in [1.82, 2.24) is 0 Å². The predicted molar refractivity (Wildman–Crippen MR) is 264 cm³/mol. The van der Waals surface area contributed by atoms with Crippen LogP contribution >= 0.6 is 0 Å². The van der Waals surface area contributed by atoms with E-state index in [4.69, 9.17) is 6.57 Å². The summed E-state index contributed by atoms with van der Waals surface area (Å²) in [5.74, 6) is 0. The van der Waals surface area contributed by atoms with E-state index in [1.54, 1.807) is 0 Å². The molecule has 0 saturated heterocycles. The van der Waals surface area contributed by atoms with Gasteiger partial charge in [-0.2, -0.15) is 5.26 Å². The summed E-state index contributed by atoms with van der Waals surface area (Å²) in [4.78, 5) is 8.39. The van der Waals surface area contributed by atoms with Crippen molar-refractivity contribution in [2.24, 2.45) is 10.8 Å². The summed E-state index contributed by atoms with van der Waals surface area (Å²) >= 11 is 0. The minimum Gasteiger partial charge on any atom is -0.320 e. The zero-order valence-electron chi connectivity index (χ0n) is 36.6. The van der Waals surface area contributed by atoms with Crippen LogP contribution in [0.2, 0.25) is 0 Å². The van der Waals surface area contributed by atoms with Gasteiger partial charge >= 0.3 is 0 Å². The maximum atomic E-state index is 10.3. The van der Waals surface area contributed by atoms with Gasteiger partial charge in [-0.15, -0.1) is 0 Å². The highest BCUT2D eigenvalue weighted by Gasteiger charge is 2.58. The van der Waals surface area contributed by atoms with Crippen molar-refractivity contribution in [2.75, 3.05) is 9.80 Å². The first-order valence-corrected chi connectivity index (χ1v) is 21.7. The van der Waals surface area contributed by atoms with Crippen molar-refractivity contribution in [3.8, 4) is 17.2 Å². The van der Waals surface area contributed by atoms with Gasteiger partial charge in [-0.1, -0.05) is 145 Å². The lowest BCUT2D eigenvalue weighted by Crippen LogP contribution is -2.50. The molecule has 0 amide bonds. The van der Waals surface area contributed by atoms with Crippen molar-refractivity contribution in [3.05, 3.63) is 210 Å². The molecule has 0 radical (unpaired) electrons. The van der Waals surface area contributed by atoms with Crippen LogP contribution in [0.25, 0.3) is 48.3 Å². The van der Waals surface area contributed by atoms with Crippen LogP contribution < -0.4 is 9.80 Å². The van der Waals surface area contributed by atoms with Gasteiger partial charge in [0.25, 0.3) is 0 Å². The maximum Gasteiger partial charge on any atom is 0.210 e. The number of fused-ring (bicyclic) bond motifs is 9. The van der Waals surface area contributed by atoms with E-state index in [-0.39, 0.29) is 10.8 Å². The van der Waals surface area contributed by atoms with Gasteiger partial charge in [-0.3, -0.25) is 0 Å². The first kappa shape index (κ1) is 39.5. The summed E-state index contributed by atoms with van der Waals surface area (Å²) in [6, 6.07) is 66.4. The number of nitrogens with zero attached hydrogens (tertiary/aromatic N) is 4. The highest BCUT2D eigenvalue weighted by molar-refractivity contribution is 6.20. The van der Waals surface area contributed by atoms with Crippen LogP contribution in [-0.4, -0.2) is 0 Å². The number of hydrogen-bond donors (Lipinski definition) is 0. The molecule has 0 bridgehead atoms. The van der Waals surface area contributed by atoms with Crippen molar-refractivity contribution < 1.29 is 0 Å². The van der Waals surface area contributed by atoms with Gasteiger partial charge in [0.05, 0.1) is 23.5 Å². The largest absolute Gasteiger partial charge is 0.320 e. The average Bonchev–Trinajstić information content (AvgIpc) is 3.62. The van der Waals surface area contributed by atoms with Gasteiger partial charge in [-0.05, 0) is 144 Å². The third kappa shape index (κ3) is 6.01. The standard InChI is InChI=1S/C59H48N4/c1-57(2,3)59(58(4,5)6)51-36-41-34-44(62(42-21-10-8-11-22-42)53-28-18-14-20-40(53)38-60)31-30-39(41)35-50(51)55-47-26-16-15-25-46(47)49-37-45(32-33-48(49)56(55)59)63(43-23-12-9-13-24-43)54-29-19-17-27-52(54)61-7/h8-37H,1-6H3. The zero-order chi connectivity index (χ0) is 43.7. The maximum absolute atomic E-state index is 10.3. The third-order valence-electron chi connectivity index (χ3n) is 13.3. The molecule has 9 aromatic carbocycles. The molecule has 10 rings (SSSR count). The highest BCUT2D eigenvalue weighted by Crippen LogP contribution is 2.68. The normalized spacial score (nSPS) is 13.0. The summed E-state index contributed by atoms with van der Waals surface area (Å²) in [5.41, 5.74) is 11.3. The van der Waals surface area contributed by atoms with E-state index < -0.39 is 5.41 Å². The van der Waals surface area contributed by atoms with Crippen LogP contribution in [0.15, 0.2) is 182 Å². The Hall–Kier alpha value is -7.66. The molecule has 0 aliphatic heterocycles. The lowest BCUT2D eigenvalue weighted by Gasteiger charge is -2.53. The first-order valence-electron chi connectivity index (χ1n) is 21.7. The Labute approximate surface area is 370 Å². The van der Waals surface area contributed by atoms with E-state index in [1.807, 2.05) is 72.8 Å². The predicted octanol–water partition coefficient (Wildman–Crippen LogP) is 16.9. The zero-order valence-corrected chi connectivity index (χ0v) is 36.6. The van der Waals surface area contributed by atoms with Gasteiger partial charge < -0.3 is 9.80 Å². The van der Waals surface area contributed by atoms with Crippen LogP contribution in [0.4, 0.5) is 39.8 Å². The number of anilines is 6. The summed E-state index contributed by atoms with van der Waals surface area (Å²) in [6.07, 6.45) is 0. The topological polar surface area (TPSA) is 34.6 Å². The Morgan fingerprint density at radius 2 is 1.05 bits per heavy atom. The lowest BCUT2D eigenvalue weighted by atomic mass is 9.49. The fourth-order valence-electron chi connectivity index (χ4n) is 11.3. The van der Waals surface area contributed by atoms with E-state index in [2.05, 4.69) is 171 Å². The lowest BCUT2D eigenvalue weighted by molar-refractivity contribution is 0.0965. The molecule has 0 saturated carbocycles. The molecular formula is C59H48N4. The SMILES string of the molecule is [C-]#[N+]c1ccccc1N(c1ccccc1)c1ccc2c3c(c4ccccc4c2c1)-c1cc2ccc(N(c4ccccc4)c4ccccc4C#N)cc2cc1C3(C(C)(C)C)C(C)(C)C. The Morgan fingerprint density at radius 1 is 0.492 bits per heavy atom. The molecule has 0 spiro atoms. The Morgan fingerprint density at radius 3 is 1.70 bits per heavy atom. The molecule has 0 N–H and O–H groups in total. The fraction of sp³-hybridized carbons (Fsp3) is 0.153. The monoisotopic (exact) mass is 812 g/mol. The molecule has 63 heavy (non-hydrogen) atoms. The molecule has 0 atom stereocenters. The van der Waals surface area contributed by atoms with Crippen LogP contribution in [0.5, 0.6) is 0 Å². The second kappa shape index (κ2) is 14.8. The average molecular weight is 813 g/mol. The molecule has 9 aromatic rings. The van der Waals surface area contributed by atoms with Crippen molar-refractivity contribution in [2.45, 2.75) is 47.0 Å². The number of rotatable bonds is 6. The number of nitriles is 1. The van der Waals surface area contributed by atoms with Gasteiger partial charge in [0.2, 0.25) is 5.69 Å². The molecule has 4 heteroatoms. The molecule has 304 valence electrons. The molecule has 1 aliphatic rings. The Bertz CT molecular complexity index is 3320. The summed E-state index contributed by atoms with van der Waals surface area (Å²) in [7, 11) is 0. The van der Waals surface area contributed by atoms with Gasteiger partial charge in [-0.25, -0.2) is 4.85 Å². The Kier molecular flexibility index (Phi) is 9.25. The number of hydrogen-bond acceptors (Lipinski definition) is 3. The molecule has 0 aromatic heterocycles. The van der Waals surface area contributed by atoms with Crippen LogP contribution in [0.1, 0.15) is 58.2 Å². The minimum atomic E-state index is -0.430. The fourth-order valence-corrected chi connectivity index (χ4v) is 11.3. The molecule has 0 unspecified atom stereocenters. The second-order valence-electron chi connectivity index (χ2n) is 18.8. The smallest absolute Gasteiger partial charge is 0.210 e. The van der Waals surface area contributed by atoms with Crippen LogP contribution in [0.3, 0.4) is 0 Å². The molecular weight excluding hydrogens is 765 g/mol. The van der Waals surface area contributed by atoms with E-state index in [9.17, 15) is 5.26 Å². The van der Waals surface area contributed by atoms with Crippen molar-refractivity contribution in [3.63, 3.8) is 0 Å².